The number of rotatable bonds is 4. The number of hydrogen-bond acceptors (Lipinski definition) is 4. The molecule has 4 aromatic rings. The summed E-state index contributed by atoms with van der Waals surface area (Å²) in [6.07, 6.45) is 1.16. The summed E-state index contributed by atoms with van der Waals surface area (Å²) >= 11 is 12.3. The Labute approximate surface area is 186 Å². The monoisotopic (exact) mass is 451 g/mol. The highest BCUT2D eigenvalue weighted by Crippen LogP contribution is 2.32. The van der Waals surface area contributed by atoms with Crippen molar-refractivity contribution in [3.63, 3.8) is 0 Å². The molecule has 1 N–H and O–H groups in total. The molecule has 31 heavy (non-hydrogen) atoms. The molecule has 0 radical (unpaired) electrons. The molecule has 1 aromatic heterocycles. The van der Waals surface area contributed by atoms with E-state index in [-0.39, 0.29) is 21.3 Å². The van der Waals surface area contributed by atoms with Gasteiger partial charge in [-0.3, -0.25) is 9.79 Å². The quantitative estimate of drug-likeness (QED) is 0.454. The van der Waals surface area contributed by atoms with Gasteiger partial charge in [0.15, 0.2) is 0 Å². The molecule has 0 saturated heterocycles. The molecule has 8 heteroatoms. The molecular formula is C23H15Cl2N3O3. The van der Waals surface area contributed by atoms with Gasteiger partial charge < -0.3 is 5.11 Å². The van der Waals surface area contributed by atoms with E-state index in [4.69, 9.17) is 23.2 Å². The summed E-state index contributed by atoms with van der Waals surface area (Å²) in [5, 5.41) is 11.4. The van der Waals surface area contributed by atoms with Crippen molar-refractivity contribution < 1.29 is 5.11 Å². The smallest absolute Gasteiger partial charge is 0.343 e. The van der Waals surface area contributed by atoms with Gasteiger partial charge in [0.1, 0.15) is 11.3 Å². The first-order chi connectivity index (χ1) is 15.0. The summed E-state index contributed by atoms with van der Waals surface area (Å²) in [4.78, 5) is 30.7. The van der Waals surface area contributed by atoms with Crippen molar-refractivity contribution in [1.29, 1.82) is 0 Å². The summed E-state index contributed by atoms with van der Waals surface area (Å²) in [6.45, 7) is 0. The third-order valence-corrected chi connectivity index (χ3v) is 5.17. The zero-order chi connectivity index (χ0) is 22.0. The zero-order valence-electron chi connectivity index (χ0n) is 15.9. The molecule has 4 rings (SSSR count). The Bertz CT molecular complexity index is 1380. The van der Waals surface area contributed by atoms with Crippen LogP contribution in [0.5, 0.6) is 5.88 Å². The predicted molar refractivity (Wildman–Crippen MR) is 123 cm³/mol. The number of aromatic nitrogens is 2. The fourth-order valence-electron chi connectivity index (χ4n) is 3.08. The molecule has 0 atom stereocenters. The average molecular weight is 452 g/mol. The fourth-order valence-corrected chi connectivity index (χ4v) is 3.58. The van der Waals surface area contributed by atoms with Gasteiger partial charge >= 0.3 is 5.69 Å². The lowest BCUT2D eigenvalue weighted by atomic mass is 10.2. The predicted octanol–water partition coefficient (Wildman–Crippen LogP) is 4.75. The number of aromatic hydroxyl groups is 1. The molecule has 1 heterocycles. The Kier molecular flexibility index (Phi) is 5.75. The van der Waals surface area contributed by atoms with Crippen LogP contribution in [0.3, 0.4) is 0 Å². The fraction of sp³-hybridized carbons (Fsp3) is 0. The van der Waals surface area contributed by atoms with E-state index < -0.39 is 17.1 Å². The maximum Gasteiger partial charge on any atom is 0.343 e. The number of benzene rings is 3. The first-order valence-corrected chi connectivity index (χ1v) is 9.94. The van der Waals surface area contributed by atoms with Crippen LogP contribution >= 0.6 is 23.2 Å². The molecule has 0 saturated carbocycles. The van der Waals surface area contributed by atoms with E-state index in [0.29, 0.717) is 11.4 Å². The molecule has 0 amide bonds. The van der Waals surface area contributed by atoms with E-state index in [1.165, 1.54) is 0 Å². The Morgan fingerprint density at radius 1 is 0.742 bits per heavy atom. The van der Waals surface area contributed by atoms with Gasteiger partial charge in [0.05, 0.1) is 21.4 Å². The third-order valence-electron chi connectivity index (χ3n) is 4.56. The van der Waals surface area contributed by atoms with E-state index in [1.54, 1.807) is 78.9 Å². The molecule has 0 aliphatic heterocycles. The van der Waals surface area contributed by atoms with Gasteiger partial charge in [-0.05, 0) is 36.4 Å². The summed E-state index contributed by atoms with van der Waals surface area (Å²) in [6, 6.07) is 21.8. The largest absolute Gasteiger partial charge is 0.493 e. The normalized spacial score (nSPS) is 11.2. The summed E-state index contributed by atoms with van der Waals surface area (Å²) in [5.41, 5.74) is -0.648. The molecule has 154 valence electrons. The highest BCUT2D eigenvalue weighted by Gasteiger charge is 2.20. The third kappa shape index (κ3) is 3.91. The number of hydrogen-bond donors (Lipinski definition) is 1. The van der Waals surface area contributed by atoms with Crippen molar-refractivity contribution in [3.05, 3.63) is 115 Å². The second-order valence-electron chi connectivity index (χ2n) is 6.50. The van der Waals surface area contributed by atoms with E-state index in [2.05, 4.69) is 4.99 Å². The summed E-state index contributed by atoms with van der Waals surface area (Å²) in [5.74, 6) is -0.541. The van der Waals surface area contributed by atoms with Crippen molar-refractivity contribution in [2.45, 2.75) is 0 Å². The van der Waals surface area contributed by atoms with Gasteiger partial charge in [-0.1, -0.05) is 65.7 Å². The van der Waals surface area contributed by atoms with Gasteiger partial charge in [0.2, 0.25) is 5.88 Å². The first kappa shape index (κ1) is 20.7. The van der Waals surface area contributed by atoms with Crippen LogP contribution in [0.1, 0.15) is 5.56 Å². The van der Waals surface area contributed by atoms with Gasteiger partial charge in [0, 0.05) is 6.21 Å². The van der Waals surface area contributed by atoms with Gasteiger partial charge in [-0.2, -0.15) is 0 Å². The van der Waals surface area contributed by atoms with Crippen LogP contribution in [0.25, 0.3) is 11.4 Å². The van der Waals surface area contributed by atoms with Crippen molar-refractivity contribution in [2.24, 2.45) is 4.99 Å². The molecule has 3 aromatic carbocycles. The number of para-hydroxylation sites is 3. The molecule has 0 bridgehead atoms. The molecule has 0 spiro atoms. The van der Waals surface area contributed by atoms with Crippen molar-refractivity contribution >= 4 is 35.1 Å². The Balaban J connectivity index is 2.03. The first-order valence-electron chi connectivity index (χ1n) is 9.19. The maximum absolute atomic E-state index is 13.2. The second-order valence-corrected chi connectivity index (χ2v) is 7.31. The van der Waals surface area contributed by atoms with E-state index in [9.17, 15) is 14.7 Å². The van der Waals surface area contributed by atoms with Gasteiger partial charge in [-0.15, -0.1) is 0 Å². The van der Waals surface area contributed by atoms with Crippen LogP contribution in [0.4, 0.5) is 5.69 Å². The highest BCUT2D eigenvalue weighted by atomic mass is 35.5. The van der Waals surface area contributed by atoms with E-state index in [1.807, 2.05) is 0 Å². The van der Waals surface area contributed by atoms with Crippen molar-refractivity contribution in [3.8, 4) is 17.3 Å². The van der Waals surface area contributed by atoms with Crippen LogP contribution in [0.15, 0.2) is 93.4 Å². The minimum atomic E-state index is -0.729. The minimum Gasteiger partial charge on any atom is -0.493 e. The Morgan fingerprint density at radius 3 is 1.81 bits per heavy atom. The lowest BCUT2D eigenvalue weighted by Crippen LogP contribution is -2.40. The lowest BCUT2D eigenvalue weighted by molar-refractivity contribution is 0.427. The Morgan fingerprint density at radius 2 is 1.26 bits per heavy atom. The van der Waals surface area contributed by atoms with E-state index in [0.717, 1.165) is 15.3 Å². The number of halogens is 2. The van der Waals surface area contributed by atoms with Crippen molar-refractivity contribution in [1.82, 2.24) is 9.13 Å². The van der Waals surface area contributed by atoms with E-state index >= 15 is 0 Å². The molecule has 0 unspecified atom stereocenters. The maximum atomic E-state index is 13.2. The van der Waals surface area contributed by atoms with Crippen molar-refractivity contribution in [2.75, 3.05) is 0 Å². The zero-order valence-corrected chi connectivity index (χ0v) is 17.5. The van der Waals surface area contributed by atoms with Crippen LogP contribution in [-0.4, -0.2) is 20.5 Å². The molecule has 0 aliphatic carbocycles. The molecule has 0 aliphatic rings. The molecule has 6 nitrogen and oxygen atoms in total. The van der Waals surface area contributed by atoms with Crippen LogP contribution in [0, 0.1) is 0 Å². The van der Waals surface area contributed by atoms with Gasteiger partial charge in [-0.25, -0.2) is 13.9 Å². The SMILES string of the molecule is O=c1c(C=Nc2c(Cl)cccc2Cl)c(O)n(-c2ccccc2)c(=O)n1-c1ccccc1. The number of aliphatic imine (C=N–C) groups is 1. The van der Waals surface area contributed by atoms with Gasteiger partial charge in [0.25, 0.3) is 5.56 Å². The average Bonchev–Trinajstić information content (AvgIpc) is 2.77. The number of nitrogens with zero attached hydrogens (tertiary/aromatic N) is 3. The standard InChI is InChI=1S/C23H15Cl2N3O3/c24-18-12-7-13-19(25)20(18)26-14-17-21(29)27(15-8-3-1-4-9-15)23(31)28(22(17)30)16-10-5-2-6-11-16/h1-14,29H. The minimum absolute atomic E-state index is 0.191. The molecule has 0 fully saturated rings. The summed E-state index contributed by atoms with van der Waals surface area (Å²) < 4.78 is 2.02. The lowest BCUT2D eigenvalue weighted by Gasteiger charge is -2.14. The highest BCUT2D eigenvalue weighted by molar-refractivity contribution is 6.38. The topological polar surface area (TPSA) is 76.6 Å². The summed E-state index contributed by atoms with van der Waals surface area (Å²) in [7, 11) is 0. The Hall–Kier alpha value is -3.61. The van der Waals surface area contributed by atoms with Crippen LogP contribution < -0.4 is 11.2 Å². The van der Waals surface area contributed by atoms with Crippen LogP contribution in [-0.2, 0) is 0 Å². The second kappa shape index (κ2) is 8.63. The molecular weight excluding hydrogens is 437 g/mol. The van der Waals surface area contributed by atoms with Crippen LogP contribution in [0.2, 0.25) is 10.0 Å².